The molecular weight excluding hydrogens is 374 g/mol. The lowest BCUT2D eigenvalue weighted by atomic mass is 10.0. The maximum atomic E-state index is 12.5. The first-order chi connectivity index (χ1) is 13.5. The molecule has 2 aromatic carbocycles. The Labute approximate surface area is 166 Å². The number of methoxy groups -OCH3 is 1. The molecule has 0 atom stereocenters. The lowest BCUT2D eigenvalue weighted by Gasteiger charge is -2.07. The number of hydrogen-bond acceptors (Lipinski definition) is 5. The van der Waals surface area contributed by atoms with Crippen LogP contribution in [0.15, 0.2) is 54.6 Å². The second-order valence-electron chi connectivity index (χ2n) is 5.85. The van der Waals surface area contributed by atoms with Crippen molar-refractivity contribution in [3.05, 3.63) is 65.7 Å². The largest absolute Gasteiger partial charge is 0.497 e. The molecule has 140 valence electrons. The molecule has 0 aliphatic carbocycles. The van der Waals surface area contributed by atoms with Gasteiger partial charge in [-0.2, -0.15) is 5.26 Å². The first kappa shape index (κ1) is 19.1. The third-order valence-electron chi connectivity index (χ3n) is 3.95. The zero-order valence-electron chi connectivity index (χ0n) is 15.3. The molecule has 1 heterocycles. The average molecular weight is 391 g/mol. The number of amides is 2. The molecule has 28 heavy (non-hydrogen) atoms. The van der Waals surface area contributed by atoms with Crippen molar-refractivity contribution in [1.82, 2.24) is 0 Å². The molecule has 0 radical (unpaired) electrons. The molecule has 6 nitrogen and oxygen atoms in total. The van der Waals surface area contributed by atoms with E-state index < -0.39 is 0 Å². The van der Waals surface area contributed by atoms with Gasteiger partial charge < -0.3 is 15.4 Å². The van der Waals surface area contributed by atoms with Gasteiger partial charge in [-0.3, -0.25) is 9.59 Å². The van der Waals surface area contributed by atoms with Crippen molar-refractivity contribution in [2.45, 2.75) is 6.92 Å². The predicted molar refractivity (Wildman–Crippen MR) is 110 cm³/mol. The first-order valence-corrected chi connectivity index (χ1v) is 9.20. The molecule has 2 N–H and O–H groups in total. The molecule has 0 bridgehead atoms. The standard InChI is InChI=1S/C21H17N3O3S/c1-13(25)23-21-18(14-8-10-16(27-2)11-9-14)17(12-22)20(28-21)24-19(26)15-6-4-3-5-7-15/h3-11H,1-2H3,(H,23,25)(H,24,26). The van der Waals surface area contributed by atoms with Gasteiger partial charge in [0.15, 0.2) is 0 Å². The van der Waals surface area contributed by atoms with Crippen LogP contribution in [0.3, 0.4) is 0 Å². The Morgan fingerprint density at radius 1 is 1.00 bits per heavy atom. The van der Waals surface area contributed by atoms with Gasteiger partial charge in [0.2, 0.25) is 5.91 Å². The zero-order valence-corrected chi connectivity index (χ0v) is 16.1. The Hall–Kier alpha value is -3.63. The van der Waals surface area contributed by atoms with E-state index in [0.29, 0.717) is 32.4 Å². The van der Waals surface area contributed by atoms with E-state index in [1.165, 1.54) is 6.92 Å². The monoisotopic (exact) mass is 391 g/mol. The molecule has 7 heteroatoms. The lowest BCUT2D eigenvalue weighted by Crippen LogP contribution is -2.11. The van der Waals surface area contributed by atoms with Gasteiger partial charge in [-0.15, -0.1) is 0 Å². The molecule has 0 aliphatic heterocycles. The molecule has 0 spiro atoms. The summed E-state index contributed by atoms with van der Waals surface area (Å²) in [6.07, 6.45) is 0. The maximum absolute atomic E-state index is 12.5. The summed E-state index contributed by atoms with van der Waals surface area (Å²) in [7, 11) is 1.57. The van der Waals surface area contributed by atoms with E-state index in [-0.39, 0.29) is 11.8 Å². The number of anilines is 2. The molecule has 0 fully saturated rings. The van der Waals surface area contributed by atoms with Gasteiger partial charge in [0.1, 0.15) is 21.8 Å². The van der Waals surface area contributed by atoms with Gasteiger partial charge in [0.25, 0.3) is 5.91 Å². The summed E-state index contributed by atoms with van der Waals surface area (Å²) in [6, 6.07) is 18.0. The van der Waals surface area contributed by atoms with Crippen LogP contribution in [-0.2, 0) is 4.79 Å². The van der Waals surface area contributed by atoms with Crippen LogP contribution < -0.4 is 15.4 Å². The van der Waals surface area contributed by atoms with E-state index in [1.54, 1.807) is 55.6 Å². The van der Waals surface area contributed by atoms with E-state index in [4.69, 9.17) is 4.74 Å². The number of carbonyl (C=O) groups is 2. The van der Waals surface area contributed by atoms with Crippen LogP contribution in [0.4, 0.5) is 10.0 Å². The van der Waals surface area contributed by atoms with Gasteiger partial charge >= 0.3 is 0 Å². The number of nitrogens with one attached hydrogen (secondary N) is 2. The van der Waals surface area contributed by atoms with E-state index in [1.807, 2.05) is 6.07 Å². The highest BCUT2D eigenvalue weighted by Crippen LogP contribution is 2.44. The fourth-order valence-electron chi connectivity index (χ4n) is 2.67. The Morgan fingerprint density at radius 2 is 1.68 bits per heavy atom. The smallest absolute Gasteiger partial charge is 0.256 e. The highest BCUT2D eigenvalue weighted by Gasteiger charge is 2.22. The number of hydrogen-bond donors (Lipinski definition) is 2. The fraction of sp³-hybridized carbons (Fsp3) is 0.0952. The van der Waals surface area contributed by atoms with Crippen molar-refractivity contribution in [3.8, 4) is 22.9 Å². The van der Waals surface area contributed by atoms with Crippen molar-refractivity contribution in [2.75, 3.05) is 17.7 Å². The minimum absolute atomic E-state index is 0.263. The van der Waals surface area contributed by atoms with E-state index >= 15 is 0 Å². The molecule has 2 amide bonds. The fourth-order valence-corrected chi connectivity index (χ4v) is 3.79. The lowest BCUT2D eigenvalue weighted by molar-refractivity contribution is -0.114. The molecule has 3 rings (SSSR count). The summed E-state index contributed by atoms with van der Waals surface area (Å²) in [5.41, 5.74) is 2.07. The molecular formula is C21H17N3O3S. The van der Waals surface area contributed by atoms with Crippen molar-refractivity contribution < 1.29 is 14.3 Å². The number of benzene rings is 2. The minimum Gasteiger partial charge on any atom is -0.497 e. The molecule has 1 aromatic heterocycles. The second kappa shape index (κ2) is 8.37. The van der Waals surface area contributed by atoms with Crippen LogP contribution in [-0.4, -0.2) is 18.9 Å². The van der Waals surface area contributed by atoms with E-state index in [2.05, 4.69) is 16.7 Å². The quantitative estimate of drug-likeness (QED) is 0.670. The van der Waals surface area contributed by atoms with Gasteiger partial charge in [-0.25, -0.2) is 0 Å². The number of carbonyl (C=O) groups excluding carboxylic acids is 2. The normalized spacial score (nSPS) is 10.0. The van der Waals surface area contributed by atoms with Crippen LogP contribution in [0.1, 0.15) is 22.8 Å². The van der Waals surface area contributed by atoms with Crippen LogP contribution in [0.5, 0.6) is 5.75 Å². The van der Waals surface area contributed by atoms with Gasteiger partial charge in [-0.05, 0) is 29.8 Å². The summed E-state index contributed by atoms with van der Waals surface area (Å²) in [5.74, 6) is 0.0895. The maximum Gasteiger partial charge on any atom is 0.256 e. The summed E-state index contributed by atoms with van der Waals surface area (Å²) >= 11 is 1.15. The number of ether oxygens (including phenoxy) is 1. The molecule has 0 saturated heterocycles. The summed E-state index contributed by atoms with van der Waals surface area (Å²) in [4.78, 5) is 24.2. The van der Waals surface area contributed by atoms with Crippen molar-refractivity contribution in [1.29, 1.82) is 5.26 Å². The first-order valence-electron chi connectivity index (χ1n) is 8.38. The number of thiophene rings is 1. The summed E-state index contributed by atoms with van der Waals surface area (Å²) in [5, 5.41) is 16.2. The van der Waals surface area contributed by atoms with Crippen LogP contribution in [0.2, 0.25) is 0 Å². The SMILES string of the molecule is COc1ccc(-c2c(NC(C)=O)sc(NC(=O)c3ccccc3)c2C#N)cc1. The predicted octanol–water partition coefficient (Wildman–Crippen LogP) is 4.51. The Kier molecular flexibility index (Phi) is 5.72. The Bertz CT molecular complexity index is 1050. The van der Waals surface area contributed by atoms with Crippen LogP contribution >= 0.6 is 11.3 Å². The summed E-state index contributed by atoms with van der Waals surface area (Å²) < 4.78 is 5.17. The third kappa shape index (κ3) is 4.03. The number of nitriles is 1. The molecule has 0 aliphatic rings. The highest BCUT2D eigenvalue weighted by molar-refractivity contribution is 7.21. The third-order valence-corrected chi connectivity index (χ3v) is 4.97. The van der Waals surface area contributed by atoms with E-state index in [9.17, 15) is 14.9 Å². The van der Waals surface area contributed by atoms with Gasteiger partial charge in [-0.1, -0.05) is 41.7 Å². The minimum atomic E-state index is -0.325. The Morgan fingerprint density at radius 3 is 2.25 bits per heavy atom. The molecule has 0 saturated carbocycles. The van der Waals surface area contributed by atoms with Crippen LogP contribution in [0, 0.1) is 11.3 Å². The number of nitrogens with zero attached hydrogens (tertiary/aromatic N) is 1. The topological polar surface area (TPSA) is 91.2 Å². The average Bonchev–Trinajstić information content (AvgIpc) is 3.04. The number of rotatable bonds is 5. The van der Waals surface area contributed by atoms with Crippen molar-refractivity contribution in [3.63, 3.8) is 0 Å². The molecule has 3 aromatic rings. The van der Waals surface area contributed by atoms with E-state index in [0.717, 1.165) is 16.9 Å². The summed E-state index contributed by atoms with van der Waals surface area (Å²) in [6.45, 7) is 1.39. The van der Waals surface area contributed by atoms with Crippen molar-refractivity contribution >= 4 is 33.2 Å². The molecule has 0 unspecified atom stereocenters. The van der Waals surface area contributed by atoms with Crippen LogP contribution in [0.25, 0.3) is 11.1 Å². The van der Waals surface area contributed by atoms with Gasteiger partial charge in [0, 0.05) is 18.1 Å². The zero-order chi connectivity index (χ0) is 20.1. The highest BCUT2D eigenvalue weighted by atomic mass is 32.1. The van der Waals surface area contributed by atoms with Gasteiger partial charge in [0.05, 0.1) is 12.7 Å². The second-order valence-corrected chi connectivity index (χ2v) is 6.87. The van der Waals surface area contributed by atoms with Crippen molar-refractivity contribution in [2.24, 2.45) is 0 Å². The Balaban J connectivity index is 2.06.